The predicted octanol–water partition coefficient (Wildman–Crippen LogP) is 4.43. The number of nitrogens with zero attached hydrogens (tertiary/aromatic N) is 1. The van der Waals surface area contributed by atoms with Crippen LogP contribution in [0.4, 0.5) is 0 Å². The number of aromatic nitrogens is 1. The maximum atomic E-state index is 4.80. The molecule has 0 saturated heterocycles. The molecule has 0 bridgehead atoms. The summed E-state index contributed by atoms with van der Waals surface area (Å²) in [5.74, 6) is 0.685. The molecule has 0 aliphatic carbocycles. The van der Waals surface area contributed by atoms with Crippen molar-refractivity contribution in [3.63, 3.8) is 0 Å². The second-order valence-corrected chi connectivity index (χ2v) is 6.72. The zero-order chi connectivity index (χ0) is 14.5. The van der Waals surface area contributed by atoms with Gasteiger partial charge >= 0.3 is 0 Å². The molecule has 0 aliphatic heterocycles. The molecular formula is C17H24N2S. The summed E-state index contributed by atoms with van der Waals surface area (Å²) >= 11 is 1.82. The number of rotatable bonds is 6. The van der Waals surface area contributed by atoms with Gasteiger partial charge in [0.15, 0.2) is 0 Å². The summed E-state index contributed by atoms with van der Waals surface area (Å²) in [6, 6.07) is 8.63. The van der Waals surface area contributed by atoms with E-state index in [1.807, 2.05) is 11.3 Å². The first-order chi connectivity index (χ1) is 9.60. The van der Waals surface area contributed by atoms with E-state index in [1.54, 1.807) is 0 Å². The van der Waals surface area contributed by atoms with Crippen LogP contribution < -0.4 is 5.32 Å². The van der Waals surface area contributed by atoms with E-state index in [-0.39, 0.29) is 0 Å². The van der Waals surface area contributed by atoms with Crippen molar-refractivity contribution in [2.45, 2.75) is 40.7 Å². The van der Waals surface area contributed by atoms with Gasteiger partial charge in [-0.15, -0.1) is 11.3 Å². The smallest absolute Gasteiger partial charge is 0.123 e. The third-order valence-corrected chi connectivity index (χ3v) is 4.40. The molecule has 0 unspecified atom stereocenters. The Labute approximate surface area is 126 Å². The van der Waals surface area contributed by atoms with Crippen LogP contribution in [0.3, 0.4) is 0 Å². The fourth-order valence-electron chi connectivity index (χ4n) is 2.09. The Balaban J connectivity index is 2.15. The van der Waals surface area contributed by atoms with Crippen LogP contribution in [0, 0.1) is 12.8 Å². The van der Waals surface area contributed by atoms with Crippen LogP contribution in [-0.4, -0.2) is 11.5 Å². The highest BCUT2D eigenvalue weighted by Crippen LogP contribution is 2.28. The minimum Gasteiger partial charge on any atom is -0.312 e. The van der Waals surface area contributed by atoms with Crippen LogP contribution >= 0.6 is 11.3 Å². The molecule has 2 aromatic rings. The summed E-state index contributed by atoms with van der Waals surface area (Å²) in [6.45, 7) is 10.8. The van der Waals surface area contributed by atoms with Crippen molar-refractivity contribution in [2.24, 2.45) is 5.92 Å². The van der Waals surface area contributed by atoms with E-state index in [0.29, 0.717) is 5.92 Å². The summed E-state index contributed by atoms with van der Waals surface area (Å²) in [5.41, 5.74) is 3.76. The van der Waals surface area contributed by atoms with Gasteiger partial charge in [0.1, 0.15) is 5.01 Å². The van der Waals surface area contributed by atoms with Gasteiger partial charge in [-0.2, -0.15) is 0 Å². The Hall–Kier alpha value is -1.19. The molecule has 1 aromatic heterocycles. The zero-order valence-electron chi connectivity index (χ0n) is 12.9. The molecule has 0 atom stereocenters. The van der Waals surface area contributed by atoms with E-state index < -0.39 is 0 Å². The first-order valence-electron chi connectivity index (χ1n) is 7.36. The third kappa shape index (κ3) is 3.90. The van der Waals surface area contributed by atoms with Crippen LogP contribution in [0.1, 0.15) is 36.9 Å². The van der Waals surface area contributed by atoms with Crippen molar-refractivity contribution >= 4 is 11.3 Å². The standard InChI is InChI=1S/C17H24N2S/c1-5-15-16(11-18-10-12(2)3)20-17(19-15)14-8-6-13(4)7-9-14/h6-9,12,18H,5,10-11H2,1-4H3. The molecule has 2 nitrogen and oxygen atoms in total. The van der Waals surface area contributed by atoms with Crippen LogP contribution in [0.2, 0.25) is 0 Å². The van der Waals surface area contributed by atoms with E-state index in [4.69, 9.17) is 4.98 Å². The number of hydrogen-bond donors (Lipinski definition) is 1. The Morgan fingerprint density at radius 3 is 2.50 bits per heavy atom. The fraction of sp³-hybridized carbons (Fsp3) is 0.471. The molecule has 20 heavy (non-hydrogen) atoms. The molecule has 0 aliphatic rings. The van der Waals surface area contributed by atoms with E-state index in [2.05, 4.69) is 57.3 Å². The van der Waals surface area contributed by atoms with Crippen molar-refractivity contribution in [1.29, 1.82) is 0 Å². The van der Waals surface area contributed by atoms with Gasteiger partial charge in [-0.25, -0.2) is 4.98 Å². The van der Waals surface area contributed by atoms with Gasteiger partial charge < -0.3 is 5.32 Å². The van der Waals surface area contributed by atoms with Gasteiger partial charge in [0, 0.05) is 17.0 Å². The highest BCUT2D eigenvalue weighted by atomic mass is 32.1. The quantitative estimate of drug-likeness (QED) is 0.850. The summed E-state index contributed by atoms with van der Waals surface area (Å²) in [6.07, 6.45) is 1.00. The van der Waals surface area contributed by atoms with Gasteiger partial charge in [0.05, 0.1) is 5.69 Å². The highest BCUT2D eigenvalue weighted by molar-refractivity contribution is 7.15. The summed E-state index contributed by atoms with van der Waals surface area (Å²) in [7, 11) is 0. The van der Waals surface area contributed by atoms with E-state index in [0.717, 1.165) is 24.5 Å². The Kier molecular flexibility index (Phi) is 5.32. The molecule has 3 heteroatoms. The van der Waals surface area contributed by atoms with Gasteiger partial charge in [-0.1, -0.05) is 50.6 Å². The van der Waals surface area contributed by atoms with Crippen molar-refractivity contribution < 1.29 is 0 Å². The Morgan fingerprint density at radius 1 is 1.20 bits per heavy atom. The van der Waals surface area contributed by atoms with Crippen molar-refractivity contribution in [3.05, 3.63) is 40.4 Å². The van der Waals surface area contributed by atoms with Gasteiger partial charge in [0.2, 0.25) is 0 Å². The second kappa shape index (κ2) is 7.00. The van der Waals surface area contributed by atoms with Crippen LogP contribution in [0.15, 0.2) is 24.3 Å². The maximum absolute atomic E-state index is 4.80. The first kappa shape index (κ1) is 15.2. The van der Waals surface area contributed by atoms with Crippen LogP contribution in [-0.2, 0) is 13.0 Å². The number of thiazole rings is 1. The molecule has 0 fully saturated rings. The SMILES string of the molecule is CCc1nc(-c2ccc(C)cc2)sc1CNCC(C)C. The lowest BCUT2D eigenvalue weighted by atomic mass is 10.2. The van der Waals surface area contributed by atoms with E-state index >= 15 is 0 Å². The minimum absolute atomic E-state index is 0.685. The Bertz CT molecular complexity index is 541. The topological polar surface area (TPSA) is 24.9 Å². The zero-order valence-corrected chi connectivity index (χ0v) is 13.7. The average Bonchev–Trinajstić information content (AvgIpc) is 2.82. The number of nitrogens with one attached hydrogen (secondary N) is 1. The Morgan fingerprint density at radius 2 is 1.90 bits per heavy atom. The maximum Gasteiger partial charge on any atom is 0.123 e. The highest BCUT2D eigenvalue weighted by Gasteiger charge is 2.11. The lowest BCUT2D eigenvalue weighted by molar-refractivity contribution is 0.553. The average molecular weight is 288 g/mol. The number of aryl methyl sites for hydroxylation is 2. The van der Waals surface area contributed by atoms with E-state index in [1.165, 1.54) is 21.7 Å². The predicted molar refractivity (Wildman–Crippen MR) is 88.2 cm³/mol. The van der Waals surface area contributed by atoms with Crippen molar-refractivity contribution in [3.8, 4) is 10.6 Å². The third-order valence-electron chi connectivity index (χ3n) is 3.25. The monoisotopic (exact) mass is 288 g/mol. The minimum atomic E-state index is 0.685. The molecule has 0 radical (unpaired) electrons. The first-order valence-corrected chi connectivity index (χ1v) is 8.18. The van der Waals surface area contributed by atoms with Crippen LogP contribution in [0.25, 0.3) is 10.6 Å². The molecule has 0 spiro atoms. The lowest BCUT2D eigenvalue weighted by Gasteiger charge is -2.06. The fourth-order valence-corrected chi connectivity index (χ4v) is 3.22. The molecule has 1 aromatic carbocycles. The summed E-state index contributed by atoms with van der Waals surface area (Å²) in [4.78, 5) is 6.18. The second-order valence-electron chi connectivity index (χ2n) is 5.63. The van der Waals surface area contributed by atoms with E-state index in [9.17, 15) is 0 Å². The molecule has 1 N–H and O–H groups in total. The largest absolute Gasteiger partial charge is 0.312 e. The van der Waals surface area contributed by atoms with Gasteiger partial charge in [0.25, 0.3) is 0 Å². The molecule has 1 heterocycles. The molecular weight excluding hydrogens is 264 g/mol. The molecule has 2 rings (SSSR count). The van der Waals surface area contributed by atoms with Crippen molar-refractivity contribution in [2.75, 3.05) is 6.54 Å². The normalized spacial score (nSPS) is 11.2. The summed E-state index contributed by atoms with van der Waals surface area (Å²) < 4.78 is 0. The van der Waals surface area contributed by atoms with Gasteiger partial charge in [-0.05, 0) is 25.8 Å². The molecule has 108 valence electrons. The number of benzene rings is 1. The number of hydrogen-bond acceptors (Lipinski definition) is 3. The summed E-state index contributed by atoms with van der Waals surface area (Å²) in [5, 5.41) is 4.66. The van der Waals surface area contributed by atoms with Crippen molar-refractivity contribution in [1.82, 2.24) is 10.3 Å². The molecule has 0 saturated carbocycles. The van der Waals surface area contributed by atoms with Gasteiger partial charge in [-0.3, -0.25) is 0 Å². The molecule has 0 amide bonds. The lowest BCUT2D eigenvalue weighted by Crippen LogP contribution is -2.18. The van der Waals surface area contributed by atoms with Crippen LogP contribution in [0.5, 0.6) is 0 Å².